The first-order valence-corrected chi connectivity index (χ1v) is 7.20. The normalized spacial score (nSPS) is 21.0. The number of ether oxygens (including phenoxy) is 2. The van der Waals surface area contributed by atoms with Crippen molar-refractivity contribution in [3.8, 4) is 5.75 Å². The van der Waals surface area contributed by atoms with Gasteiger partial charge in [0.05, 0.1) is 31.6 Å². The van der Waals surface area contributed by atoms with Crippen molar-refractivity contribution in [2.45, 2.75) is 25.1 Å². The third-order valence-corrected chi connectivity index (χ3v) is 3.47. The van der Waals surface area contributed by atoms with Crippen LogP contribution in [0.2, 0.25) is 0 Å². The highest BCUT2D eigenvalue weighted by Gasteiger charge is 2.31. The van der Waals surface area contributed by atoms with E-state index in [9.17, 15) is 4.79 Å². The molecule has 8 heteroatoms. The van der Waals surface area contributed by atoms with Gasteiger partial charge >= 0.3 is 0 Å². The molecule has 3 heterocycles. The minimum atomic E-state index is -0.196. The average molecular weight is 305 g/mol. The van der Waals surface area contributed by atoms with Crippen LogP contribution < -0.4 is 10.1 Å². The topological polar surface area (TPSA) is 83.2 Å². The SMILES string of the molecule is Cn1cc(O[C@@H]2COC[C@@H]2NC(=O)CCn2cccn2)cn1. The maximum Gasteiger partial charge on any atom is 0.222 e. The number of hydrogen-bond donors (Lipinski definition) is 1. The van der Waals surface area contributed by atoms with Gasteiger partial charge in [-0.05, 0) is 6.07 Å². The van der Waals surface area contributed by atoms with E-state index in [0.29, 0.717) is 31.9 Å². The number of hydrogen-bond acceptors (Lipinski definition) is 5. The molecule has 0 aromatic carbocycles. The number of aromatic nitrogens is 4. The molecular formula is C14H19N5O3. The first-order chi connectivity index (χ1) is 10.7. The second-order valence-electron chi connectivity index (χ2n) is 5.24. The van der Waals surface area contributed by atoms with Gasteiger partial charge in [0.15, 0.2) is 5.75 Å². The summed E-state index contributed by atoms with van der Waals surface area (Å²) in [4.78, 5) is 12.0. The van der Waals surface area contributed by atoms with Crippen molar-refractivity contribution in [3.63, 3.8) is 0 Å². The van der Waals surface area contributed by atoms with E-state index in [4.69, 9.17) is 9.47 Å². The number of nitrogens with one attached hydrogen (secondary N) is 1. The predicted molar refractivity (Wildman–Crippen MR) is 77.2 cm³/mol. The van der Waals surface area contributed by atoms with Crippen LogP contribution in [-0.4, -0.2) is 50.8 Å². The first kappa shape index (κ1) is 14.6. The van der Waals surface area contributed by atoms with Gasteiger partial charge in [0.2, 0.25) is 5.91 Å². The molecule has 3 rings (SSSR count). The monoisotopic (exact) mass is 305 g/mol. The van der Waals surface area contributed by atoms with Crippen molar-refractivity contribution < 1.29 is 14.3 Å². The molecule has 2 aromatic rings. The standard InChI is InChI=1S/C14H19N5O3/c1-18-8-11(7-16-18)22-13-10-21-9-12(13)17-14(20)3-6-19-5-2-4-15-19/h2,4-5,7-8,12-13H,3,6,9-10H2,1H3,(H,17,20)/t12-,13+/m0/s1. The summed E-state index contributed by atoms with van der Waals surface area (Å²) in [6.07, 6.45) is 7.14. The van der Waals surface area contributed by atoms with E-state index in [1.807, 2.05) is 19.3 Å². The molecule has 0 radical (unpaired) electrons. The zero-order chi connectivity index (χ0) is 15.4. The van der Waals surface area contributed by atoms with E-state index >= 15 is 0 Å². The highest BCUT2D eigenvalue weighted by atomic mass is 16.5. The number of carbonyl (C=O) groups is 1. The summed E-state index contributed by atoms with van der Waals surface area (Å²) in [6.45, 7) is 1.47. The fraction of sp³-hybridized carbons (Fsp3) is 0.500. The number of amides is 1. The lowest BCUT2D eigenvalue weighted by Gasteiger charge is -2.19. The Hall–Kier alpha value is -2.35. The summed E-state index contributed by atoms with van der Waals surface area (Å²) >= 11 is 0. The molecular weight excluding hydrogens is 286 g/mol. The van der Waals surface area contributed by atoms with Gasteiger partial charge in [0, 0.05) is 32.4 Å². The molecule has 0 spiro atoms. The zero-order valence-electron chi connectivity index (χ0n) is 12.4. The van der Waals surface area contributed by atoms with E-state index in [1.54, 1.807) is 28.0 Å². The van der Waals surface area contributed by atoms with E-state index < -0.39 is 0 Å². The third kappa shape index (κ3) is 3.64. The van der Waals surface area contributed by atoms with Gasteiger partial charge in [0.25, 0.3) is 0 Å². The van der Waals surface area contributed by atoms with Gasteiger partial charge in [-0.25, -0.2) is 0 Å². The van der Waals surface area contributed by atoms with Crippen molar-refractivity contribution >= 4 is 5.91 Å². The summed E-state index contributed by atoms with van der Waals surface area (Å²) in [7, 11) is 1.83. The Bertz CT molecular complexity index is 610. The van der Waals surface area contributed by atoms with Crippen molar-refractivity contribution in [2.75, 3.05) is 13.2 Å². The van der Waals surface area contributed by atoms with Crippen molar-refractivity contribution in [1.29, 1.82) is 0 Å². The van der Waals surface area contributed by atoms with Crippen LogP contribution in [0.1, 0.15) is 6.42 Å². The third-order valence-electron chi connectivity index (χ3n) is 3.47. The Morgan fingerprint density at radius 1 is 1.50 bits per heavy atom. The number of nitrogens with zero attached hydrogens (tertiary/aromatic N) is 4. The second-order valence-corrected chi connectivity index (χ2v) is 5.24. The van der Waals surface area contributed by atoms with E-state index in [0.717, 1.165) is 0 Å². The quantitative estimate of drug-likeness (QED) is 0.810. The predicted octanol–water partition coefficient (Wildman–Crippen LogP) is -0.0307. The largest absolute Gasteiger partial charge is 0.482 e. The molecule has 0 aliphatic carbocycles. The smallest absolute Gasteiger partial charge is 0.222 e. The summed E-state index contributed by atoms with van der Waals surface area (Å²) in [5.41, 5.74) is 0. The van der Waals surface area contributed by atoms with Crippen LogP contribution in [-0.2, 0) is 23.1 Å². The van der Waals surface area contributed by atoms with E-state index in [2.05, 4.69) is 15.5 Å². The molecule has 1 aliphatic rings. The zero-order valence-corrected chi connectivity index (χ0v) is 12.4. The molecule has 1 aliphatic heterocycles. The number of aryl methyl sites for hydroxylation is 2. The number of rotatable bonds is 6. The van der Waals surface area contributed by atoms with Crippen LogP contribution in [0.15, 0.2) is 30.9 Å². The Kier molecular flexibility index (Phi) is 4.38. The van der Waals surface area contributed by atoms with Gasteiger partial charge in [-0.15, -0.1) is 0 Å². The van der Waals surface area contributed by atoms with Gasteiger partial charge in [-0.3, -0.25) is 14.2 Å². The van der Waals surface area contributed by atoms with Crippen LogP contribution in [0.3, 0.4) is 0 Å². The van der Waals surface area contributed by atoms with Gasteiger partial charge in [-0.1, -0.05) is 0 Å². The summed E-state index contributed by atoms with van der Waals surface area (Å²) < 4.78 is 14.6. The summed E-state index contributed by atoms with van der Waals surface area (Å²) in [5, 5.41) is 11.1. The van der Waals surface area contributed by atoms with Crippen molar-refractivity contribution in [1.82, 2.24) is 24.9 Å². The molecule has 0 unspecified atom stereocenters. The molecule has 2 aromatic heterocycles. The van der Waals surface area contributed by atoms with Crippen LogP contribution in [0.25, 0.3) is 0 Å². The van der Waals surface area contributed by atoms with Gasteiger partial charge in [-0.2, -0.15) is 10.2 Å². The maximum atomic E-state index is 12.0. The van der Waals surface area contributed by atoms with Gasteiger partial charge < -0.3 is 14.8 Å². The second kappa shape index (κ2) is 6.61. The first-order valence-electron chi connectivity index (χ1n) is 7.20. The van der Waals surface area contributed by atoms with Crippen LogP contribution in [0, 0.1) is 0 Å². The van der Waals surface area contributed by atoms with Crippen LogP contribution in [0.5, 0.6) is 5.75 Å². The molecule has 0 saturated carbocycles. The number of carbonyl (C=O) groups excluding carboxylic acids is 1. The fourth-order valence-electron chi connectivity index (χ4n) is 2.35. The molecule has 1 N–H and O–H groups in total. The molecule has 1 amide bonds. The van der Waals surface area contributed by atoms with Gasteiger partial charge in [0.1, 0.15) is 6.10 Å². The summed E-state index contributed by atoms with van der Waals surface area (Å²) in [5.74, 6) is 0.638. The minimum Gasteiger partial charge on any atom is -0.482 e. The van der Waals surface area contributed by atoms with Crippen molar-refractivity contribution in [2.24, 2.45) is 7.05 Å². The average Bonchev–Trinajstić information content (AvgIpc) is 3.21. The summed E-state index contributed by atoms with van der Waals surface area (Å²) in [6, 6.07) is 1.69. The lowest BCUT2D eigenvalue weighted by Crippen LogP contribution is -2.45. The highest BCUT2D eigenvalue weighted by molar-refractivity contribution is 5.76. The Morgan fingerprint density at radius 3 is 3.14 bits per heavy atom. The maximum absolute atomic E-state index is 12.0. The molecule has 1 saturated heterocycles. The molecule has 1 fully saturated rings. The van der Waals surface area contributed by atoms with Crippen LogP contribution in [0.4, 0.5) is 0 Å². The highest BCUT2D eigenvalue weighted by Crippen LogP contribution is 2.16. The lowest BCUT2D eigenvalue weighted by molar-refractivity contribution is -0.122. The minimum absolute atomic E-state index is 0.0363. The van der Waals surface area contributed by atoms with Crippen LogP contribution >= 0.6 is 0 Å². The molecule has 0 bridgehead atoms. The molecule has 118 valence electrons. The van der Waals surface area contributed by atoms with E-state index in [1.165, 1.54) is 0 Å². The Labute approximate surface area is 128 Å². The molecule has 2 atom stereocenters. The fourth-order valence-corrected chi connectivity index (χ4v) is 2.35. The molecule has 22 heavy (non-hydrogen) atoms. The molecule has 8 nitrogen and oxygen atoms in total. The Morgan fingerprint density at radius 2 is 2.41 bits per heavy atom. The lowest BCUT2D eigenvalue weighted by atomic mass is 10.2. The van der Waals surface area contributed by atoms with Crippen molar-refractivity contribution in [3.05, 3.63) is 30.9 Å². The van der Waals surface area contributed by atoms with E-state index in [-0.39, 0.29) is 18.1 Å². The Balaban J connectivity index is 1.49.